The lowest BCUT2D eigenvalue weighted by molar-refractivity contribution is 0.162. The molecular weight excluding hydrogens is 378 g/mol. The topological polar surface area (TPSA) is 70.5 Å². The van der Waals surface area contributed by atoms with E-state index >= 15 is 0 Å². The second-order valence-corrected chi connectivity index (χ2v) is 8.50. The normalized spacial score (nSPS) is 19.3. The summed E-state index contributed by atoms with van der Waals surface area (Å²) >= 11 is 0. The molecule has 5 rings (SSSR count). The Labute approximate surface area is 176 Å². The molecule has 2 fully saturated rings. The van der Waals surface area contributed by atoms with Crippen LogP contribution in [0.5, 0.6) is 5.75 Å². The average Bonchev–Trinajstić information content (AvgIpc) is 3.17. The molecule has 6 nitrogen and oxygen atoms in total. The predicted molar refractivity (Wildman–Crippen MR) is 117 cm³/mol. The Morgan fingerprint density at radius 3 is 2.53 bits per heavy atom. The molecule has 6 heteroatoms. The van der Waals surface area contributed by atoms with E-state index in [1.807, 2.05) is 12.1 Å². The molecule has 0 aliphatic carbocycles. The number of fused-ring (bicyclic) bond motifs is 1. The van der Waals surface area contributed by atoms with E-state index in [9.17, 15) is 4.79 Å². The number of oxazole rings is 1. The number of benzene rings is 2. The van der Waals surface area contributed by atoms with Crippen molar-refractivity contribution >= 4 is 11.1 Å². The van der Waals surface area contributed by atoms with Gasteiger partial charge in [-0.3, -0.25) is 9.88 Å². The van der Waals surface area contributed by atoms with Crippen molar-refractivity contribution in [1.29, 1.82) is 0 Å². The highest BCUT2D eigenvalue weighted by atomic mass is 16.5. The maximum absolute atomic E-state index is 11.6. The van der Waals surface area contributed by atoms with Gasteiger partial charge in [-0.1, -0.05) is 24.3 Å². The summed E-state index contributed by atoms with van der Waals surface area (Å²) in [4.78, 5) is 16.8. The van der Waals surface area contributed by atoms with Crippen molar-refractivity contribution in [2.45, 2.75) is 44.2 Å². The number of hydrogen-bond donors (Lipinski definition) is 2. The van der Waals surface area contributed by atoms with Gasteiger partial charge in [0, 0.05) is 12.1 Å². The maximum Gasteiger partial charge on any atom is 0.417 e. The lowest BCUT2D eigenvalue weighted by atomic mass is 9.89. The number of aromatic amines is 1. The van der Waals surface area contributed by atoms with Gasteiger partial charge in [-0.05, 0) is 81.5 Å². The number of piperidine rings is 2. The molecule has 0 saturated carbocycles. The Hall–Kier alpha value is -2.57. The Balaban J connectivity index is 1.16. The van der Waals surface area contributed by atoms with Gasteiger partial charge < -0.3 is 14.5 Å². The molecule has 2 saturated heterocycles. The molecular formula is C24H29N3O3. The zero-order valence-electron chi connectivity index (χ0n) is 17.2. The number of ether oxygens (including phenoxy) is 1. The lowest BCUT2D eigenvalue weighted by Gasteiger charge is -2.32. The Morgan fingerprint density at radius 1 is 1.00 bits per heavy atom. The van der Waals surface area contributed by atoms with Crippen LogP contribution < -0.4 is 15.8 Å². The molecule has 3 aromatic rings. The molecule has 0 spiro atoms. The molecule has 2 aromatic carbocycles. The molecule has 0 atom stereocenters. The summed E-state index contributed by atoms with van der Waals surface area (Å²) in [6, 6.07) is 14.6. The first-order valence-electron chi connectivity index (χ1n) is 11.0. The highest BCUT2D eigenvalue weighted by molar-refractivity contribution is 5.76. The van der Waals surface area contributed by atoms with E-state index in [0.717, 1.165) is 80.8 Å². The summed E-state index contributed by atoms with van der Waals surface area (Å²) in [6.45, 7) is 5.14. The summed E-state index contributed by atoms with van der Waals surface area (Å²) in [6.07, 6.45) is 4.65. The molecule has 0 bridgehead atoms. The van der Waals surface area contributed by atoms with Crippen LogP contribution in [0.4, 0.5) is 0 Å². The van der Waals surface area contributed by atoms with Gasteiger partial charge in [-0.2, -0.15) is 0 Å². The van der Waals surface area contributed by atoms with Gasteiger partial charge in [-0.25, -0.2) is 4.79 Å². The number of aromatic nitrogens is 1. The molecule has 30 heavy (non-hydrogen) atoms. The van der Waals surface area contributed by atoms with Crippen molar-refractivity contribution in [1.82, 2.24) is 15.2 Å². The number of nitrogens with zero attached hydrogens (tertiary/aromatic N) is 1. The Kier molecular flexibility index (Phi) is 5.60. The first kappa shape index (κ1) is 19.4. The second-order valence-electron chi connectivity index (χ2n) is 8.50. The number of nitrogens with one attached hydrogen (secondary N) is 2. The van der Waals surface area contributed by atoms with Gasteiger partial charge in [0.2, 0.25) is 0 Å². The van der Waals surface area contributed by atoms with E-state index < -0.39 is 0 Å². The van der Waals surface area contributed by atoms with Crippen molar-refractivity contribution in [3.8, 4) is 5.75 Å². The SMILES string of the molecule is O=c1[nH]c2cccc(C3CCN(Cc4ccc(OC5CCNCC5)cc4)CC3)c2o1. The van der Waals surface area contributed by atoms with Gasteiger partial charge in [0.1, 0.15) is 11.9 Å². The Bertz CT molecular complexity index is 1030. The zero-order chi connectivity index (χ0) is 20.3. The van der Waals surface area contributed by atoms with Crippen LogP contribution in [-0.2, 0) is 6.54 Å². The first-order chi connectivity index (χ1) is 14.7. The number of hydrogen-bond acceptors (Lipinski definition) is 5. The number of rotatable bonds is 5. The summed E-state index contributed by atoms with van der Waals surface area (Å²) in [5.74, 6) is 1.04. The molecule has 2 aliphatic rings. The van der Waals surface area contributed by atoms with E-state index in [-0.39, 0.29) is 5.76 Å². The maximum atomic E-state index is 11.6. The minimum Gasteiger partial charge on any atom is -0.490 e. The van der Waals surface area contributed by atoms with Crippen LogP contribution in [0.25, 0.3) is 11.1 Å². The summed E-state index contributed by atoms with van der Waals surface area (Å²) in [5.41, 5.74) is 4.01. The van der Waals surface area contributed by atoms with E-state index in [0.29, 0.717) is 12.0 Å². The van der Waals surface area contributed by atoms with Crippen molar-refractivity contribution in [3.05, 3.63) is 64.1 Å². The smallest absolute Gasteiger partial charge is 0.417 e. The highest BCUT2D eigenvalue weighted by Gasteiger charge is 2.23. The van der Waals surface area contributed by atoms with Crippen LogP contribution >= 0.6 is 0 Å². The predicted octanol–water partition coefficient (Wildman–Crippen LogP) is 3.63. The van der Waals surface area contributed by atoms with Gasteiger partial charge in [0.05, 0.1) is 5.52 Å². The van der Waals surface area contributed by atoms with Crippen LogP contribution in [0.1, 0.15) is 42.7 Å². The standard InChI is InChI=1S/C24H29N3O3/c28-24-26-22-3-1-2-21(23(22)30-24)18-10-14-27(15-11-18)16-17-4-6-19(7-5-17)29-20-8-12-25-13-9-20/h1-7,18,20,25H,8-16H2,(H,26,28). The monoisotopic (exact) mass is 407 g/mol. The number of H-pyrrole nitrogens is 1. The third kappa shape index (κ3) is 4.30. The molecule has 158 valence electrons. The minimum absolute atomic E-state index is 0.338. The van der Waals surface area contributed by atoms with Crippen molar-refractivity contribution in [3.63, 3.8) is 0 Å². The average molecular weight is 408 g/mol. The van der Waals surface area contributed by atoms with Crippen LogP contribution in [0, 0.1) is 0 Å². The molecule has 0 amide bonds. The molecule has 2 N–H and O–H groups in total. The van der Waals surface area contributed by atoms with Crippen LogP contribution in [0.3, 0.4) is 0 Å². The molecule has 0 unspecified atom stereocenters. The third-order valence-corrected chi connectivity index (χ3v) is 6.42. The van der Waals surface area contributed by atoms with Crippen LogP contribution in [0.15, 0.2) is 51.7 Å². The fourth-order valence-electron chi connectivity index (χ4n) is 4.76. The van der Waals surface area contributed by atoms with Crippen molar-refractivity contribution in [2.24, 2.45) is 0 Å². The minimum atomic E-state index is -0.373. The number of likely N-dealkylation sites (tertiary alicyclic amines) is 1. The number of para-hydroxylation sites is 1. The second kappa shape index (κ2) is 8.66. The Morgan fingerprint density at radius 2 is 1.77 bits per heavy atom. The zero-order valence-corrected chi connectivity index (χ0v) is 17.2. The van der Waals surface area contributed by atoms with Gasteiger partial charge in [0.15, 0.2) is 5.58 Å². The largest absolute Gasteiger partial charge is 0.490 e. The fraction of sp³-hybridized carbons (Fsp3) is 0.458. The van der Waals surface area contributed by atoms with E-state index in [2.05, 4.69) is 45.5 Å². The van der Waals surface area contributed by atoms with E-state index in [1.54, 1.807) is 0 Å². The summed E-state index contributed by atoms with van der Waals surface area (Å²) in [7, 11) is 0. The summed E-state index contributed by atoms with van der Waals surface area (Å²) < 4.78 is 11.5. The summed E-state index contributed by atoms with van der Waals surface area (Å²) in [5, 5.41) is 3.37. The molecule has 1 aromatic heterocycles. The fourth-order valence-corrected chi connectivity index (χ4v) is 4.76. The lowest BCUT2D eigenvalue weighted by Crippen LogP contribution is -2.34. The van der Waals surface area contributed by atoms with Crippen molar-refractivity contribution in [2.75, 3.05) is 26.2 Å². The molecule has 3 heterocycles. The van der Waals surface area contributed by atoms with Crippen LogP contribution in [-0.4, -0.2) is 42.2 Å². The highest BCUT2D eigenvalue weighted by Crippen LogP contribution is 2.32. The van der Waals surface area contributed by atoms with E-state index in [4.69, 9.17) is 9.15 Å². The molecule has 0 radical (unpaired) electrons. The van der Waals surface area contributed by atoms with Gasteiger partial charge in [0.25, 0.3) is 0 Å². The molecule has 2 aliphatic heterocycles. The van der Waals surface area contributed by atoms with E-state index in [1.165, 1.54) is 5.56 Å². The quantitative estimate of drug-likeness (QED) is 0.676. The third-order valence-electron chi connectivity index (χ3n) is 6.42. The van der Waals surface area contributed by atoms with Gasteiger partial charge in [-0.15, -0.1) is 0 Å². The van der Waals surface area contributed by atoms with Gasteiger partial charge >= 0.3 is 5.76 Å². The van der Waals surface area contributed by atoms with Crippen molar-refractivity contribution < 1.29 is 9.15 Å². The van der Waals surface area contributed by atoms with Crippen LogP contribution in [0.2, 0.25) is 0 Å². The first-order valence-corrected chi connectivity index (χ1v) is 11.0.